The van der Waals surface area contributed by atoms with Crippen molar-refractivity contribution in [2.24, 2.45) is 0 Å². The first-order chi connectivity index (χ1) is 20.6. The van der Waals surface area contributed by atoms with Gasteiger partial charge in [-0.3, -0.25) is 14.6 Å². The summed E-state index contributed by atoms with van der Waals surface area (Å²) in [6.45, 7) is 3.16. The lowest BCUT2D eigenvalue weighted by atomic mass is 9.99. The zero-order chi connectivity index (χ0) is 32.4. The van der Waals surface area contributed by atoms with Gasteiger partial charge in [0.25, 0.3) is 0 Å². The monoisotopic (exact) mass is 655 g/mol. The molecule has 0 radical (unpaired) electrons. The smallest absolute Gasteiger partial charge is 0.469 e. The highest BCUT2D eigenvalue weighted by atomic mass is 32.1. The van der Waals surface area contributed by atoms with Crippen LogP contribution in [0.25, 0.3) is 32.6 Å². The van der Waals surface area contributed by atoms with Gasteiger partial charge < -0.3 is 24.8 Å². The summed E-state index contributed by atoms with van der Waals surface area (Å²) < 4.78 is 57.5. The molecule has 0 aliphatic rings. The Kier molecular flexibility index (Phi) is 9.56. The number of urea groups is 1. The number of carbonyl (C=O) groups excluding carboxylic acids is 1. The van der Waals surface area contributed by atoms with Crippen LogP contribution in [0.5, 0.6) is 0 Å². The van der Waals surface area contributed by atoms with Crippen LogP contribution in [-0.4, -0.2) is 54.6 Å². The van der Waals surface area contributed by atoms with Crippen molar-refractivity contribution in [3.05, 3.63) is 63.5 Å². The van der Waals surface area contributed by atoms with Gasteiger partial charge in [-0.1, -0.05) is 13.0 Å². The Balaban J connectivity index is 1.92. The molecule has 2 amide bonds. The highest BCUT2D eigenvalue weighted by Crippen LogP contribution is 2.40. The molecule has 0 aliphatic carbocycles. The second-order valence-corrected chi connectivity index (χ2v) is 11.4. The Labute approximate surface area is 250 Å². The van der Waals surface area contributed by atoms with Crippen molar-refractivity contribution in [2.45, 2.75) is 32.5 Å². The molecule has 18 heteroatoms. The first-order valence-corrected chi connectivity index (χ1v) is 15.2. The van der Waals surface area contributed by atoms with Gasteiger partial charge in [-0.05, 0) is 37.1 Å². The van der Waals surface area contributed by atoms with Crippen LogP contribution in [0.2, 0.25) is 0 Å². The zero-order valence-electron chi connectivity index (χ0n) is 23.0. The Hall–Kier alpha value is -4.15. The Morgan fingerprint density at radius 3 is 2.50 bits per heavy atom. The maximum Gasteiger partial charge on any atom is 0.469 e. The summed E-state index contributed by atoms with van der Waals surface area (Å²) in [6.07, 6.45) is -2.15. The first kappa shape index (κ1) is 32.8. The van der Waals surface area contributed by atoms with Crippen LogP contribution in [0.1, 0.15) is 42.4 Å². The maximum absolute atomic E-state index is 13.4. The fourth-order valence-corrected chi connectivity index (χ4v) is 5.56. The van der Waals surface area contributed by atoms with Crippen molar-refractivity contribution in [3.63, 3.8) is 0 Å². The number of fused-ring (bicyclic) bond motifs is 1. The van der Waals surface area contributed by atoms with E-state index in [4.69, 9.17) is 9.79 Å². The lowest BCUT2D eigenvalue weighted by Gasteiger charge is -2.22. The number of carboxylic acid groups (broad SMARTS) is 1. The van der Waals surface area contributed by atoms with Crippen molar-refractivity contribution in [3.8, 4) is 21.7 Å². The average Bonchev–Trinajstić information content (AvgIpc) is 3.45. The summed E-state index contributed by atoms with van der Waals surface area (Å²) in [5.41, 5.74) is -1.79. The van der Waals surface area contributed by atoms with Gasteiger partial charge in [0.15, 0.2) is 5.69 Å². The molecule has 3 heterocycles. The molecule has 0 saturated heterocycles. The number of aromatic nitrogens is 3. The third-order valence-corrected chi connectivity index (χ3v) is 7.74. The van der Waals surface area contributed by atoms with E-state index in [1.165, 1.54) is 35.0 Å². The topological polar surface area (TPSA) is 193 Å². The van der Waals surface area contributed by atoms with E-state index in [0.29, 0.717) is 17.9 Å². The number of nitrogens with zero attached hydrogens (tertiary/aromatic N) is 3. The standard InChI is InChI=1S/C26H25F3N5O8PS/c1-3-14(11-42-43(39,40)41)34-10-18(24(36)37)22(35)16-7-13(5-6-19(16)34)17-9-31-21(33-25(38)30-4-2)8-15(17)23-32-20(12-44-23)26(27,28)29/h5-10,12,14H,3-4,11H2,1-2H3,(H,36,37)(H2,39,40,41)(H2,30,31,33,38). The molecular formula is C26H25F3N5O8PS. The number of carboxylic acids is 1. The van der Waals surface area contributed by atoms with Crippen LogP contribution in [0.4, 0.5) is 23.8 Å². The number of phosphoric ester groups is 1. The normalized spacial score (nSPS) is 12.7. The van der Waals surface area contributed by atoms with Gasteiger partial charge in [0, 0.05) is 40.8 Å². The van der Waals surface area contributed by atoms with E-state index in [0.717, 1.165) is 11.6 Å². The number of hydrogen-bond donors (Lipinski definition) is 5. The van der Waals surface area contributed by atoms with Gasteiger partial charge in [0.2, 0.25) is 5.43 Å². The van der Waals surface area contributed by atoms with Crippen molar-refractivity contribution < 1.29 is 46.7 Å². The number of benzene rings is 1. The summed E-state index contributed by atoms with van der Waals surface area (Å²) >= 11 is 0.698. The summed E-state index contributed by atoms with van der Waals surface area (Å²) in [6, 6.07) is 4.26. The summed E-state index contributed by atoms with van der Waals surface area (Å²) in [5.74, 6) is -1.54. The number of rotatable bonds is 10. The second-order valence-electron chi connectivity index (χ2n) is 9.30. The van der Waals surface area contributed by atoms with Gasteiger partial charge in [0.1, 0.15) is 16.4 Å². The van der Waals surface area contributed by atoms with Crippen LogP contribution in [0, 0.1) is 0 Å². The zero-order valence-corrected chi connectivity index (χ0v) is 24.7. The Bertz CT molecular complexity index is 1840. The number of aromatic carboxylic acids is 1. The van der Waals surface area contributed by atoms with Crippen LogP contribution >= 0.6 is 19.2 Å². The summed E-state index contributed by atoms with van der Waals surface area (Å²) in [4.78, 5) is 63.6. The third-order valence-electron chi connectivity index (χ3n) is 6.38. The molecule has 0 bridgehead atoms. The van der Waals surface area contributed by atoms with Gasteiger partial charge in [-0.15, -0.1) is 11.3 Å². The maximum atomic E-state index is 13.4. The quantitative estimate of drug-likeness (QED) is 0.144. The molecule has 4 rings (SSSR count). The molecule has 3 aromatic heterocycles. The summed E-state index contributed by atoms with van der Waals surface area (Å²) in [7, 11) is -4.87. The van der Waals surface area contributed by atoms with E-state index in [2.05, 4.69) is 25.1 Å². The van der Waals surface area contributed by atoms with Crippen LogP contribution < -0.4 is 16.1 Å². The largest absolute Gasteiger partial charge is 0.477 e. The summed E-state index contributed by atoms with van der Waals surface area (Å²) in [5, 5.41) is 15.4. The van der Waals surface area contributed by atoms with E-state index in [9.17, 15) is 37.2 Å². The number of alkyl halides is 3. The van der Waals surface area contributed by atoms with Gasteiger partial charge >= 0.3 is 26.0 Å². The predicted molar refractivity (Wildman–Crippen MR) is 155 cm³/mol. The van der Waals surface area contributed by atoms with E-state index in [1.54, 1.807) is 13.8 Å². The first-order valence-electron chi connectivity index (χ1n) is 12.8. The number of phosphoric acid groups is 1. The molecule has 44 heavy (non-hydrogen) atoms. The van der Waals surface area contributed by atoms with Crippen molar-refractivity contribution >= 4 is 47.9 Å². The molecule has 0 aliphatic heterocycles. The Morgan fingerprint density at radius 2 is 1.91 bits per heavy atom. The Morgan fingerprint density at radius 1 is 1.18 bits per heavy atom. The van der Waals surface area contributed by atoms with E-state index in [1.807, 2.05) is 0 Å². The molecule has 0 fully saturated rings. The number of nitrogens with one attached hydrogen (secondary N) is 2. The van der Waals surface area contributed by atoms with Crippen LogP contribution in [-0.2, 0) is 15.3 Å². The number of carbonyl (C=O) groups is 2. The molecule has 0 spiro atoms. The number of anilines is 1. The molecular weight excluding hydrogens is 630 g/mol. The van der Waals surface area contributed by atoms with Gasteiger partial charge in [-0.25, -0.2) is 24.1 Å². The highest BCUT2D eigenvalue weighted by molar-refractivity contribution is 7.46. The number of halogens is 3. The molecule has 1 aromatic carbocycles. The number of thiazole rings is 1. The lowest BCUT2D eigenvalue weighted by Crippen LogP contribution is -2.28. The predicted octanol–water partition coefficient (Wildman–Crippen LogP) is 5.11. The van der Waals surface area contributed by atoms with Crippen molar-refractivity contribution in [2.75, 3.05) is 18.5 Å². The second kappa shape index (κ2) is 12.8. The molecule has 4 aromatic rings. The number of amides is 2. The number of hydrogen-bond acceptors (Lipinski definition) is 8. The molecule has 5 N–H and O–H groups in total. The van der Waals surface area contributed by atoms with Gasteiger partial charge in [-0.2, -0.15) is 13.2 Å². The minimum atomic E-state index is -4.87. The molecule has 1 atom stereocenters. The molecule has 234 valence electrons. The van der Waals surface area contributed by atoms with Crippen LogP contribution in [0.3, 0.4) is 0 Å². The fraction of sp³-hybridized carbons (Fsp3) is 0.269. The minimum absolute atomic E-state index is 0.00519. The van der Waals surface area contributed by atoms with Crippen molar-refractivity contribution in [1.29, 1.82) is 0 Å². The number of pyridine rings is 2. The van der Waals surface area contributed by atoms with E-state index >= 15 is 0 Å². The fourth-order valence-electron chi connectivity index (χ4n) is 4.33. The van der Waals surface area contributed by atoms with Crippen molar-refractivity contribution in [1.82, 2.24) is 19.9 Å². The minimum Gasteiger partial charge on any atom is -0.477 e. The highest BCUT2D eigenvalue weighted by Gasteiger charge is 2.34. The average molecular weight is 656 g/mol. The van der Waals surface area contributed by atoms with E-state index in [-0.39, 0.29) is 44.8 Å². The molecule has 1 unspecified atom stereocenters. The van der Waals surface area contributed by atoms with E-state index < -0.39 is 55.3 Å². The third kappa shape index (κ3) is 7.31. The SMILES string of the molecule is CCNC(=O)Nc1cc(-c2nc(C(F)(F)F)cs2)c(-c2ccc3c(c2)c(=O)c(C(=O)O)cn3C(CC)COP(=O)(O)O)cn1. The molecule has 13 nitrogen and oxygen atoms in total. The van der Waals surface area contributed by atoms with Gasteiger partial charge in [0.05, 0.1) is 18.2 Å². The molecule has 0 saturated carbocycles. The lowest BCUT2D eigenvalue weighted by molar-refractivity contribution is -0.140. The van der Waals surface area contributed by atoms with Crippen LogP contribution in [0.15, 0.2) is 46.8 Å².